The highest BCUT2D eigenvalue weighted by Gasteiger charge is 2.38. The molecule has 284 valence electrons. The second kappa shape index (κ2) is 18.0. The maximum atomic E-state index is 12.6. The SMILES string of the molecule is CCCNC(=O)c1cnn2cnc(NC(=O)COCCCCNc3ccc(-c4cn([C@H]5C[C@@H](n6cc(/C=C/Br)c(=O)[nH]c6=O)O[C@H]5CO)nn4)cc3)c2c1. The number of halogens is 1. The normalized spacial score (nSPS) is 17.0. The molecule has 1 fully saturated rings. The van der Waals surface area contributed by atoms with E-state index in [1.807, 2.05) is 31.2 Å². The topological polar surface area (TPSA) is 225 Å². The van der Waals surface area contributed by atoms with Gasteiger partial charge in [-0.1, -0.05) is 40.2 Å². The van der Waals surface area contributed by atoms with Crippen molar-refractivity contribution in [2.45, 2.75) is 51.0 Å². The van der Waals surface area contributed by atoms with Gasteiger partial charge in [0.05, 0.1) is 36.2 Å². The number of imidazole rings is 1. The molecule has 19 heteroatoms. The maximum absolute atomic E-state index is 12.6. The van der Waals surface area contributed by atoms with Gasteiger partial charge in [-0.3, -0.25) is 23.9 Å². The maximum Gasteiger partial charge on any atom is 0.330 e. The van der Waals surface area contributed by atoms with Gasteiger partial charge in [0.1, 0.15) is 36.5 Å². The van der Waals surface area contributed by atoms with E-state index >= 15 is 0 Å². The zero-order valence-corrected chi connectivity index (χ0v) is 30.9. The molecular formula is C35H40BrN11O7. The van der Waals surface area contributed by atoms with Crippen LogP contribution in [0.3, 0.4) is 0 Å². The summed E-state index contributed by atoms with van der Waals surface area (Å²) in [5, 5.41) is 31.7. The number of unbranched alkanes of at least 4 members (excludes halogenated alkanes) is 1. The van der Waals surface area contributed by atoms with E-state index in [1.165, 1.54) is 38.9 Å². The number of anilines is 2. The Bertz CT molecular complexity index is 2210. The lowest BCUT2D eigenvalue weighted by Gasteiger charge is -2.15. The number of H-pyrrole nitrogens is 1. The molecule has 1 aromatic carbocycles. The van der Waals surface area contributed by atoms with Crippen molar-refractivity contribution in [2.75, 3.05) is 43.5 Å². The van der Waals surface area contributed by atoms with Gasteiger partial charge >= 0.3 is 5.69 Å². The third-order valence-electron chi connectivity index (χ3n) is 8.70. The number of fused-ring (bicyclic) bond motifs is 1. The van der Waals surface area contributed by atoms with Gasteiger partial charge in [-0.2, -0.15) is 5.10 Å². The number of amides is 2. The minimum Gasteiger partial charge on any atom is -0.394 e. The van der Waals surface area contributed by atoms with Crippen LogP contribution in [0.5, 0.6) is 0 Å². The molecule has 0 bridgehead atoms. The second-order valence-corrected chi connectivity index (χ2v) is 13.0. The van der Waals surface area contributed by atoms with E-state index in [0.717, 1.165) is 30.5 Å². The number of carbonyl (C=O) groups is 2. The summed E-state index contributed by atoms with van der Waals surface area (Å²) in [5.41, 5.74) is 2.43. The summed E-state index contributed by atoms with van der Waals surface area (Å²) in [7, 11) is 0. The van der Waals surface area contributed by atoms with Crippen molar-refractivity contribution in [2.24, 2.45) is 0 Å². The van der Waals surface area contributed by atoms with Crippen LogP contribution in [0.4, 0.5) is 11.5 Å². The van der Waals surface area contributed by atoms with Crippen molar-refractivity contribution >= 4 is 50.8 Å². The third-order valence-corrected chi connectivity index (χ3v) is 8.96. The zero-order valence-electron chi connectivity index (χ0n) is 29.4. The predicted octanol–water partition coefficient (Wildman–Crippen LogP) is 2.71. The molecule has 5 N–H and O–H groups in total. The molecule has 1 aliphatic rings. The van der Waals surface area contributed by atoms with Gasteiger partial charge in [-0.05, 0) is 48.5 Å². The number of aromatic amines is 1. The van der Waals surface area contributed by atoms with E-state index in [-0.39, 0.29) is 30.6 Å². The van der Waals surface area contributed by atoms with Crippen molar-refractivity contribution in [3.8, 4) is 11.3 Å². The molecule has 0 radical (unpaired) electrons. The van der Waals surface area contributed by atoms with E-state index in [2.05, 4.69) is 57.3 Å². The van der Waals surface area contributed by atoms with Crippen LogP contribution in [0, 0.1) is 0 Å². The monoisotopic (exact) mass is 805 g/mol. The van der Waals surface area contributed by atoms with Gasteiger partial charge < -0.3 is 30.5 Å². The van der Waals surface area contributed by atoms with Gasteiger partial charge in [0.2, 0.25) is 0 Å². The number of hydrogen-bond donors (Lipinski definition) is 5. The Hall–Kier alpha value is -5.50. The van der Waals surface area contributed by atoms with Gasteiger partial charge in [0, 0.05) is 43.6 Å². The number of rotatable bonds is 17. The fourth-order valence-electron chi connectivity index (χ4n) is 5.90. The first-order valence-electron chi connectivity index (χ1n) is 17.4. The highest BCUT2D eigenvalue weighted by Crippen LogP contribution is 2.36. The summed E-state index contributed by atoms with van der Waals surface area (Å²) in [6.07, 6.45) is 8.96. The Morgan fingerprint density at radius 1 is 1.17 bits per heavy atom. The van der Waals surface area contributed by atoms with Crippen molar-refractivity contribution in [3.63, 3.8) is 0 Å². The lowest BCUT2D eigenvalue weighted by Crippen LogP contribution is -2.33. The highest BCUT2D eigenvalue weighted by molar-refractivity contribution is 9.11. The first-order chi connectivity index (χ1) is 26.3. The molecule has 4 aromatic heterocycles. The molecule has 54 heavy (non-hydrogen) atoms. The van der Waals surface area contributed by atoms with Crippen LogP contribution in [0.25, 0.3) is 22.9 Å². The van der Waals surface area contributed by atoms with Crippen molar-refractivity contribution in [1.29, 1.82) is 0 Å². The molecule has 18 nitrogen and oxygen atoms in total. The molecule has 5 aromatic rings. The molecule has 0 unspecified atom stereocenters. The lowest BCUT2D eigenvalue weighted by molar-refractivity contribution is -0.120. The molecule has 0 aliphatic carbocycles. The second-order valence-electron chi connectivity index (χ2n) is 12.5. The van der Waals surface area contributed by atoms with Crippen molar-refractivity contribution in [1.82, 2.24) is 44.5 Å². The first kappa shape index (κ1) is 38.2. The number of benzene rings is 1. The number of ether oxygens (including phenoxy) is 2. The summed E-state index contributed by atoms with van der Waals surface area (Å²) in [5.74, 6) is -0.298. The Morgan fingerprint density at radius 3 is 2.78 bits per heavy atom. The molecule has 1 aliphatic heterocycles. The van der Waals surface area contributed by atoms with Crippen LogP contribution in [0.1, 0.15) is 60.8 Å². The minimum atomic E-state index is -0.725. The van der Waals surface area contributed by atoms with Crippen molar-refractivity contribution < 1.29 is 24.2 Å². The number of aliphatic hydroxyl groups is 1. The largest absolute Gasteiger partial charge is 0.394 e. The minimum absolute atomic E-state index is 0.136. The van der Waals surface area contributed by atoms with Crippen LogP contribution in [-0.4, -0.2) is 95.1 Å². The summed E-state index contributed by atoms with van der Waals surface area (Å²) >= 11 is 3.14. The Labute approximate surface area is 316 Å². The van der Waals surface area contributed by atoms with Gasteiger partial charge in [0.15, 0.2) is 5.82 Å². The number of hydrogen-bond acceptors (Lipinski definition) is 12. The predicted molar refractivity (Wildman–Crippen MR) is 202 cm³/mol. The highest BCUT2D eigenvalue weighted by atomic mass is 79.9. The Kier molecular flexibility index (Phi) is 12.8. The van der Waals surface area contributed by atoms with Crippen LogP contribution in [-0.2, 0) is 14.3 Å². The summed E-state index contributed by atoms with van der Waals surface area (Å²) in [6, 6.07) is 8.97. The average molecular weight is 807 g/mol. The molecule has 2 amide bonds. The molecule has 6 rings (SSSR count). The Balaban J connectivity index is 0.927. The summed E-state index contributed by atoms with van der Waals surface area (Å²) in [6.45, 7) is 3.19. The zero-order chi connectivity index (χ0) is 38.0. The summed E-state index contributed by atoms with van der Waals surface area (Å²) in [4.78, 5) is 57.5. The number of carbonyl (C=O) groups excluding carboxylic acids is 2. The molecule has 1 saturated heterocycles. The number of nitrogens with one attached hydrogen (secondary N) is 4. The molecule has 0 saturated carbocycles. The van der Waals surface area contributed by atoms with Crippen LogP contribution in [0.2, 0.25) is 0 Å². The van der Waals surface area contributed by atoms with Crippen LogP contribution >= 0.6 is 15.9 Å². The lowest BCUT2D eigenvalue weighted by atomic mass is 10.1. The fourth-order valence-corrected chi connectivity index (χ4v) is 6.19. The van der Waals surface area contributed by atoms with E-state index in [4.69, 9.17) is 9.47 Å². The van der Waals surface area contributed by atoms with E-state index in [1.54, 1.807) is 16.9 Å². The van der Waals surface area contributed by atoms with E-state index in [0.29, 0.717) is 48.7 Å². The summed E-state index contributed by atoms with van der Waals surface area (Å²) < 4.78 is 16.0. The van der Waals surface area contributed by atoms with Gasteiger partial charge in [-0.15, -0.1) is 5.10 Å². The Morgan fingerprint density at radius 2 is 2.00 bits per heavy atom. The smallest absolute Gasteiger partial charge is 0.330 e. The first-order valence-corrected chi connectivity index (χ1v) is 18.3. The van der Waals surface area contributed by atoms with Crippen molar-refractivity contribution in [3.05, 3.63) is 92.2 Å². The standard InChI is InChI=1S/C35H40BrN11O7/c1-2-11-38-33(50)24-14-28-32(39-21-47(28)40-16-24)41-30(49)20-53-13-4-3-12-37-25-7-5-22(6-8-25)26-18-46(44-43-26)27-15-31(54-29(27)19-48)45-17-23(9-10-36)34(51)42-35(45)52/h5-10,14,16-18,21,27,29,31,37,48H,2-4,11-13,15,19-20H2,1H3,(H,38,50)(H,41,49)(H,42,51,52)/b10-9+/t27-,29-,31-/m0/s1. The number of aromatic nitrogens is 8. The van der Waals surface area contributed by atoms with Crippen LogP contribution < -0.4 is 27.2 Å². The quantitative estimate of drug-likeness (QED) is 0.0856. The van der Waals surface area contributed by atoms with Crippen LogP contribution in [0.15, 0.2) is 69.8 Å². The van der Waals surface area contributed by atoms with E-state index < -0.39 is 29.6 Å². The number of nitrogens with zero attached hydrogens (tertiary/aromatic N) is 7. The fraction of sp³-hybridized carbons (Fsp3) is 0.371. The molecular weight excluding hydrogens is 766 g/mol. The van der Waals surface area contributed by atoms with Gasteiger partial charge in [0.25, 0.3) is 17.4 Å². The number of aliphatic hydroxyl groups excluding tert-OH is 1. The molecule has 5 heterocycles. The third kappa shape index (κ3) is 9.16. The van der Waals surface area contributed by atoms with Gasteiger partial charge in [-0.25, -0.2) is 19.0 Å². The molecule has 0 spiro atoms. The average Bonchev–Trinajstić information content (AvgIpc) is 3.94. The molecule has 3 atom stereocenters. The van der Waals surface area contributed by atoms with E-state index in [9.17, 15) is 24.3 Å².